The van der Waals surface area contributed by atoms with Gasteiger partial charge in [0.25, 0.3) is 5.91 Å². The predicted octanol–water partition coefficient (Wildman–Crippen LogP) is 2.00. The minimum absolute atomic E-state index is 0.000941. The number of nitrogens with zero attached hydrogens (tertiary/aromatic N) is 1. The van der Waals surface area contributed by atoms with Crippen molar-refractivity contribution < 1.29 is 14.4 Å². The molecule has 27 heavy (non-hydrogen) atoms. The first-order valence-corrected chi connectivity index (χ1v) is 10.0. The van der Waals surface area contributed by atoms with Gasteiger partial charge in [-0.3, -0.25) is 14.4 Å². The molecule has 2 unspecified atom stereocenters. The zero-order valence-corrected chi connectivity index (χ0v) is 16.0. The van der Waals surface area contributed by atoms with E-state index < -0.39 is 0 Å². The second-order valence-electron chi connectivity index (χ2n) is 7.51. The highest BCUT2D eigenvalue weighted by Gasteiger charge is 2.27. The molecule has 0 aromatic heterocycles. The first-order valence-electron chi connectivity index (χ1n) is 10.0. The number of Topliss-reactive ketones (excluding diaryl/α,β-unsaturated/α-hetero) is 1. The maximum atomic E-state index is 12.8. The van der Waals surface area contributed by atoms with E-state index in [1.165, 1.54) is 0 Å². The Morgan fingerprint density at radius 3 is 2.52 bits per heavy atom. The Morgan fingerprint density at radius 2 is 1.85 bits per heavy atom. The van der Waals surface area contributed by atoms with E-state index >= 15 is 0 Å². The van der Waals surface area contributed by atoms with Crippen molar-refractivity contribution in [3.8, 4) is 0 Å². The van der Waals surface area contributed by atoms with Gasteiger partial charge in [0.05, 0.1) is 6.04 Å². The Morgan fingerprint density at radius 1 is 1.11 bits per heavy atom. The van der Waals surface area contributed by atoms with Gasteiger partial charge in [-0.15, -0.1) is 0 Å². The molecule has 0 spiro atoms. The molecule has 0 bridgehead atoms. The zero-order chi connectivity index (χ0) is 19.2. The summed E-state index contributed by atoms with van der Waals surface area (Å²) in [5.74, 6) is 0.444. The second kappa shape index (κ2) is 9.13. The van der Waals surface area contributed by atoms with Crippen LogP contribution < -0.4 is 10.6 Å². The van der Waals surface area contributed by atoms with Gasteiger partial charge in [0.2, 0.25) is 5.91 Å². The normalized spacial score (nSPS) is 22.5. The van der Waals surface area contributed by atoms with E-state index in [1.807, 2.05) is 11.8 Å². The fourth-order valence-corrected chi connectivity index (χ4v) is 3.88. The van der Waals surface area contributed by atoms with Crippen LogP contribution in [-0.2, 0) is 4.79 Å². The van der Waals surface area contributed by atoms with Crippen molar-refractivity contribution in [2.45, 2.75) is 45.1 Å². The van der Waals surface area contributed by atoms with Crippen LogP contribution in [0.2, 0.25) is 0 Å². The van der Waals surface area contributed by atoms with Gasteiger partial charge < -0.3 is 15.5 Å². The van der Waals surface area contributed by atoms with Gasteiger partial charge in [-0.2, -0.15) is 0 Å². The molecule has 2 amide bonds. The van der Waals surface area contributed by atoms with Gasteiger partial charge in [0, 0.05) is 37.2 Å². The van der Waals surface area contributed by atoms with Crippen LogP contribution in [0.5, 0.6) is 0 Å². The predicted molar refractivity (Wildman–Crippen MR) is 104 cm³/mol. The van der Waals surface area contributed by atoms with Crippen molar-refractivity contribution in [1.29, 1.82) is 0 Å². The topological polar surface area (TPSA) is 78.5 Å². The summed E-state index contributed by atoms with van der Waals surface area (Å²) in [5, 5.41) is 6.25. The van der Waals surface area contributed by atoms with Crippen LogP contribution in [0.4, 0.5) is 0 Å². The molecule has 2 N–H and O–H groups in total. The Hall–Kier alpha value is -2.21. The quantitative estimate of drug-likeness (QED) is 0.750. The summed E-state index contributed by atoms with van der Waals surface area (Å²) in [7, 11) is 0. The maximum absolute atomic E-state index is 12.8. The van der Waals surface area contributed by atoms with Crippen LogP contribution in [0.3, 0.4) is 0 Å². The number of carbonyl (C=O) groups is 3. The van der Waals surface area contributed by atoms with E-state index in [0.29, 0.717) is 30.6 Å². The lowest BCUT2D eigenvalue weighted by Crippen LogP contribution is -2.46. The Bertz CT molecular complexity index is 680. The fourth-order valence-electron chi connectivity index (χ4n) is 3.88. The number of carbonyl (C=O) groups excluding carboxylic acids is 3. The number of piperidine rings is 1. The van der Waals surface area contributed by atoms with Gasteiger partial charge in [-0.05, 0) is 50.3 Å². The number of rotatable bonds is 6. The summed E-state index contributed by atoms with van der Waals surface area (Å²) in [6, 6.07) is 6.88. The van der Waals surface area contributed by atoms with E-state index in [1.54, 1.807) is 24.3 Å². The van der Waals surface area contributed by atoms with Crippen LogP contribution >= 0.6 is 0 Å². The molecule has 2 aliphatic heterocycles. The molecule has 0 aliphatic carbocycles. The SMILES string of the molecule is CCC(=O)c1ccc(C(=O)N2CCCC(CNC(=O)C3CCCN3)C2)cc1. The molecule has 0 radical (unpaired) electrons. The molecule has 2 fully saturated rings. The minimum Gasteiger partial charge on any atom is -0.354 e. The molecule has 2 heterocycles. The summed E-state index contributed by atoms with van der Waals surface area (Å²) in [5.41, 5.74) is 1.26. The average Bonchev–Trinajstić information content (AvgIpc) is 3.26. The smallest absolute Gasteiger partial charge is 0.253 e. The lowest BCUT2D eigenvalue weighted by molar-refractivity contribution is -0.123. The van der Waals surface area contributed by atoms with Crippen LogP contribution in [0.15, 0.2) is 24.3 Å². The monoisotopic (exact) mass is 371 g/mol. The third-order valence-corrected chi connectivity index (χ3v) is 5.52. The van der Waals surface area contributed by atoms with Crippen molar-refractivity contribution >= 4 is 17.6 Å². The van der Waals surface area contributed by atoms with Crippen LogP contribution in [0, 0.1) is 5.92 Å². The molecular formula is C21H29N3O3. The first kappa shape index (κ1) is 19.5. The number of benzene rings is 1. The van der Waals surface area contributed by atoms with E-state index in [-0.39, 0.29) is 29.6 Å². The highest BCUT2D eigenvalue weighted by atomic mass is 16.2. The third kappa shape index (κ3) is 4.95. The number of hydrogen-bond acceptors (Lipinski definition) is 4. The molecule has 2 aliphatic rings. The van der Waals surface area contributed by atoms with Gasteiger partial charge in [0.1, 0.15) is 0 Å². The average molecular weight is 371 g/mol. The van der Waals surface area contributed by atoms with Crippen molar-refractivity contribution in [2.75, 3.05) is 26.2 Å². The fraction of sp³-hybridized carbons (Fsp3) is 0.571. The molecular weight excluding hydrogens is 342 g/mol. The molecule has 1 aromatic rings. The summed E-state index contributed by atoms with van der Waals surface area (Å²) in [6.45, 7) is 4.75. The standard InChI is InChI=1S/C21H29N3O3/c1-2-19(25)16-7-9-17(10-8-16)21(27)24-12-4-5-15(14-24)13-23-20(26)18-6-3-11-22-18/h7-10,15,18,22H,2-6,11-14H2,1H3,(H,23,26). The van der Waals surface area contributed by atoms with Crippen LogP contribution in [0.25, 0.3) is 0 Å². The van der Waals surface area contributed by atoms with Gasteiger partial charge in [-0.25, -0.2) is 0 Å². The summed E-state index contributed by atoms with van der Waals surface area (Å²) < 4.78 is 0. The number of amides is 2. The molecule has 2 atom stereocenters. The third-order valence-electron chi connectivity index (χ3n) is 5.52. The number of ketones is 1. The Balaban J connectivity index is 1.53. The van der Waals surface area contributed by atoms with E-state index in [0.717, 1.165) is 38.8 Å². The van der Waals surface area contributed by atoms with E-state index in [4.69, 9.17) is 0 Å². The van der Waals surface area contributed by atoms with Crippen molar-refractivity contribution in [3.63, 3.8) is 0 Å². The zero-order valence-electron chi connectivity index (χ0n) is 16.0. The first-order chi connectivity index (χ1) is 13.1. The summed E-state index contributed by atoms with van der Waals surface area (Å²) >= 11 is 0. The van der Waals surface area contributed by atoms with Crippen LogP contribution in [-0.4, -0.2) is 54.7 Å². The highest BCUT2D eigenvalue weighted by Crippen LogP contribution is 2.19. The minimum atomic E-state index is -0.0596. The maximum Gasteiger partial charge on any atom is 0.253 e. The lowest BCUT2D eigenvalue weighted by Gasteiger charge is -2.33. The largest absolute Gasteiger partial charge is 0.354 e. The van der Waals surface area contributed by atoms with Gasteiger partial charge >= 0.3 is 0 Å². The molecule has 0 saturated carbocycles. The molecule has 3 rings (SSSR count). The summed E-state index contributed by atoms with van der Waals surface area (Å²) in [4.78, 5) is 38.5. The Kier molecular flexibility index (Phi) is 6.61. The second-order valence-corrected chi connectivity index (χ2v) is 7.51. The highest BCUT2D eigenvalue weighted by molar-refractivity contribution is 5.98. The van der Waals surface area contributed by atoms with Crippen LogP contribution in [0.1, 0.15) is 59.7 Å². The van der Waals surface area contributed by atoms with E-state index in [2.05, 4.69) is 10.6 Å². The van der Waals surface area contributed by atoms with Crippen molar-refractivity contribution in [2.24, 2.45) is 5.92 Å². The lowest BCUT2D eigenvalue weighted by atomic mass is 9.97. The molecule has 146 valence electrons. The molecule has 1 aromatic carbocycles. The molecule has 6 nitrogen and oxygen atoms in total. The van der Waals surface area contributed by atoms with Gasteiger partial charge in [-0.1, -0.05) is 19.1 Å². The number of nitrogens with one attached hydrogen (secondary N) is 2. The molecule has 2 saturated heterocycles. The van der Waals surface area contributed by atoms with Crippen molar-refractivity contribution in [3.05, 3.63) is 35.4 Å². The Labute approximate surface area is 160 Å². The summed E-state index contributed by atoms with van der Waals surface area (Å²) in [6.07, 6.45) is 4.37. The molecule has 6 heteroatoms. The van der Waals surface area contributed by atoms with Crippen molar-refractivity contribution in [1.82, 2.24) is 15.5 Å². The number of hydrogen-bond donors (Lipinski definition) is 2. The number of likely N-dealkylation sites (tertiary alicyclic amines) is 1. The van der Waals surface area contributed by atoms with Gasteiger partial charge in [0.15, 0.2) is 5.78 Å². The van der Waals surface area contributed by atoms with E-state index in [9.17, 15) is 14.4 Å².